The molecule has 2 heterocycles. The van der Waals surface area contributed by atoms with Gasteiger partial charge in [-0.05, 0) is 63.7 Å². The van der Waals surface area contributed by atoms with Crippen LogP contribution in [0, 0.1) is 11.8 Å². The molecule has 7 heteroatoms. The molecule has 6 nitrogen and oxygen atoms in total. The molecular weight excluding hydrogens is 448 g/mol. The number of hydrogen-bond donors (Lipinski definition) is 0. The Bertz CT molecular complexity index is 719. The molecule has 1 saturated carbocycles. The van der Waals surface area contributed by atoms with E-state index in [1.165, 1.54) is 6.08 Å². The Morgan fingerprint density at radius 2 is 2.00 bits per heavy atom. The first kappa shape index (κ1) is 27.6. The molecule has 6 atom stereocenters. The molecule has 0 N–H and O–H groups in total. The summed E-state index contributed by atoms with van der Waals surface area (Å²) in [5.41, 5.74) is 0. The summed E-state index contributed by atoms with van der Waals surface area (Å²) in [5.74, 6) is 0.111. The summed E-state index contributed by atoms with van der Waals surface area (Å²) in [6, 6.07) is 0. The van der Waals surface area contributed by atoms with Crippen LogP contribution in [0.2, 0.25) is 18.1 Å². The van der Waals surface area contributed by atoms with Gasteiger partial charge < -0.3 is 23.4 Å². The van der Waals surface area contributed by atoms with E-state index in [0.717, 1.165) is 38.7 Å². The SMILES string of the molecule is CC(C)OC(=O)/C=C/[C@H]1CC=C[C@@H]2[C@@H](CO[Si](C)(C)C(C)(C)C)[C@H](OC3CCCCO3)C[C@@H]2O1. The van der Waals surface area contributed by atoms with Crippen molar-refractivity contribution in [1.29, 1.82) is 0 Å². The Morgan fingerprint density at radius 1 is 1.24 bits per heavy atom. The van der Waals surface area contributed by atoms with Crippen LogP contribution in [0.1, 0.15) is 66.7 Å². The highest BCUT2D eigenvalue weighted by Gasteiger charge is 2.47. The molecule has 2 fully saturated rings. The zero-order valence-corrected chi connectivity index (χ0v) is 23.3. The second-order valence-corrected chi connectivity index (χ2v) is 16.5. The molecule has 2 aliphatic heterocycles. The smallest absolute Gasteiger partial charge is 0.330 e. The van der Waals surface area contributed by atoms with E-state index in [9.17, 15) is 4.79 Å². The fourth-order valence-corrected chi connectivity index (χ4v) is 5.68. The summed E-state index contributed by atoms with van der Waals surface area (Å²) >= 11 is 0. The molecule has 0 amide bonds. The van der Waals surface area contributed by atoms with Gasteiger partial charge >= 0.3 is 5.97 Å². The normalized spacial score (nSPS) is 32.7. The average molecular weight is 495 g/mol. The fourth-order valence-electron chi connectivity index (χ4n) is 4.64. The molecule has 194 valence electrons. The summed E-state index contributed by atoms with van der Waals surface area (Å²) in [7, 11) is -1.89. The first-order chi connectivity index (χ1) is 16.0. The predicted octanol–water partition coefficient (Wildman–Crippen LogP) is 5.78. The molecule has 0 aromatic rings. The molecule has 0 aromatic carbocycles. The Morgan fingerprint density at radius 3 is 2.65 bits per heavy atom. The number of carbonyl (C=O) groups excluding carboxylic acids is 1. The molecule has 34 heavy (non-hydrogen) atoms. The van der Waals surface area contributed by atoms with Crippen LogP contribution in [0.4, 0.5) is 0 Å². The number of ether oxygens (including phenoxy) is 4. The minimum Gasteiger partial charge on any atom is -0.460 e. The summed E-state index contributed by atoms with van der Waals surface area (Å²) in [6.45, 7) is 16.6. The highest BCUT2D eigenvalue weighted by molar-refractivity contribution is 6.74. The fraction of sp³-hybridized carbons (Fsp3) is 0.815. The second-order valence-electron chi connectivity index (χ2n) is 11.7. The predicted molar refractivity (Wildman–Crippen MR) is 136 cm³/mol. The quantitative estimate of drug-likeness (QED) is 0.185. The third-order valence-electron chi connectivity index (χ3n) is 7.65. The van der Waals surface area contributed by atoms with Crippen LogP contribution < -0.4 is 0 Å². The highest BCUT2D eigenvalue weighted by atomic mass is 28.4. The van der Waals surface area contributed by atoms with E-state index >= 15 is 0 Å². The van der Waals surface area contributed by atoms with Crippen molar-refractivity contribution < 1.29 is 28.2 Å². The average Bonchev–Trinajstić information content (AvgIpc) is 2.92. The molecule has 3 rings (SSSR count). The Balaban J connectivity index is 1.71. The van der Waals surface area contributed by atoms with Gasteiger partial charge in [-0.25, -0.2) is 4.79 Å². The van der Waals surface area contributed by atoms with E-state index in [4.69, 9.17) is 23.4 Å². The highest BCUT2D eigenvalue weighted by Crippen LogP contribution is 2.43. The van der Waals surface area contributed by atoms with E-state index < -0.39 is 8.32 Å². The third-order valence-corrected chi connectivity index (χ3v) is 12.1. The Hall–Kier alpha value is -0.993. The maximum absolute atomic E-state index is 12.0. The third kappa shape index (κ3) is 7.50. The second kappa shape index (κ2) is 11.8. The maximum Gasteiger partial charge on any atom is 0.330 e. The number of rotatable bonds is 8. The minimum absolute atomic E-state index is 0.0242. The molecule has 0 spiro atoms. The first-order valence-electron chi connectivity index (χ1n) is 13.1. The standard InChI is InChI=1S/C27H46O6Si/c1-19(2)31-25(28)15-14-20-11-10-12-21-22(18-30-34(6,7)27(3,4)5)24(17-23(21)32-20)33-26-13-8-9-16-29-26/h10,12,14-15,19-24,26H,8-9,11,13,16-18H2,1-7H3/b15-14+/t20-,21-,22-,23+,24-,26?/m1/s1. The van der Waals surface area contributed by atoms with Crippen LogP contribution in [0.3, 0.4) is 0 Å². The van der Waals surface area contributed by atoms with Crippen LogP contribution in [0.15, 0.2) is 24.3 Å². The molecule has 0 aromatic heterocycles. The van der Waals surface area contributed by atoms with Crippen LogP contribution in [-0.2, 0) is 28.2 Å². The van der Waals surface area contributed by atoms with Crippen molar-refractivity contribution in [3.8, 4) is 0 Å². The van der Waals surface area contributed by atoms with Gasteiger partial charge in [-0.3, -0.25) is 0 Å². The summed E-state index contributed by atoms with van der Waals surface area (Å²) < 4.78 is 30.9. The van der Waals surface area contributed by atoms with Gasteiger partial charge in [-0.2, -0.15) is 0 Å². The van der Waals surface area contributed by atoms with Crippen LogP contribution >= 0.6 is 0 Å². The Labute approximate surface area is 207 Å². The van der Waals surface area contributed by atoms with Crippen LogP contribution in [-0.4, -0.2) is 58.2 Å². The van der Waals surface area contributed by atoms with E-state index in [0.29, 0.717) is 6.61 Å². The van der Waals surface area contributed by atoms with Crippen molar-refractivity contribution >= 4 is 14.3 Å². The van der Waals surface area contributed by atoms with Gasteiger partial charge in [0, 0.05) is 37.5 Å². The molecule has 3 aliphatic rings. The van der Waals surface area contributed by atoms with Crippen molar-refractivity contribution in [1.82, 2.24) is 0 Å². The number of esters is 1. The lowest BCUT2D eigenvalue weighted by Crippen LogP contribution is -2.44. The number of fused-ring (bicyclic) bond motifs is 1. The summed E-state index contributed by atoms with van der Waals surface area (Å²) in [5, 5.41) is 0.157. The van der Waals surface area contributed by atoms with E-state index in [1.807, 2.05) is 19.9 Å². The van der Waals surface area contributed by atoms with Gasteiger partial charge in [0.1, 0.15) is 0 Å². The Kier molecular flexibility index (Phi) is 9.60. The number of carbonyl (C=O) groups is 1. The van der Waals surface area contributed by atoms with Gasteiger partial charge in [-0.1, -0.05) is 32.9 Å². The van der Waals surface area contributed by atoms with Crippen LogP contribution in [0.5, 0.6) is 0 Å². The molecule has 1 saturated heterocycles. The lowest BCUT2D eigenvalue weighted by molar-refractivity contribution is -0.197. The van der Waals surface area contributed by atoms with Crippen LogP contribution in [0.25, 0.3) is 0 Å². The zero-order valence-electron chi connectivity index (χ0n) is 22.3. The topological polar surface area (TPSA) is 63.2 Å². The van der Waals surface area contributed by atoms with Gasteiger partial charge in [-0.15, -0.1) is 0 Å². The molecule has 0 radical (unpaired) electrons. The molecular formula is C27H46O6Si. The van der Waals surface area contributed by atoms with Crippen molar-refractivity contribution in [3.63, 3.8) is 0 Å². The lowest BCUT2D eigenvalue weighted by atomic mass is 9.94. The monoisotopic (exact) mass is 494 g/mol. The lowest BCUT2D eigenvalue weighted by Gasteiger charge is -2.38. The van der Waals surface area contributed by atoms with Crippen molar-refractivity contribution in [2.45, 2.75) is 116 Å². The van der Waals surface area contributed by atoms with E-state index in [1.54, 1.807) is 0 Å². The van der Waals surface area contributed by atoms with Crippen molar-refractivity contribution in [2.75, 3.05) is 13.2 Å². The molecule has 1 aliphatic carbocycles. The maximum atomic E-state index is 12.0. The molecule has 0 bridgehead atoms. The van der Waals surface area contributed by atoms with E-state index in [2.05, 4.69) is 46.0 Å². The van der Waals surface area contributed by atoms with E-state index in [-0.39, 0.29) is 53.5 Å². The van der Waals surface area contributed by atoms with Crippen molar-refractivity contribution in [3.05, 3.63) is 24.3 Å². The zero-order chi connectivity index (χ0) is 24.9. The van der Waals surface area contributed by atoms with Gasteiger partial charge in [0.15, 0.2) is 14.6 Å². The largest absolute Gasteiger partial charge is 0.460 e. The first-order valence-corrected chi connectivity index (χ1v) is 16.0. The minimum atomic E-state index is -1.89. The number of hydrogen-bond acceptors (Lipinski definition) is 6. The summed E-state index contributed by atoms with van der Waals surface area (Å²) in [4.78, 5) is 12.0. The summed E-state index contributed by atoms with van der Waals surface area (Å²) in [6.07, 6.45) is 12.2. The molecule has 1 unspecified atom stereocenters. The van der Waals surface area contributed by atoms with Gasteiger partial charge in [0.05, 0.1) is 24.4 Å². The van der Waals surface area contributed by atoms with Gasteiger partial charge in [0.25, 0.3) is 0 Å². The van der Waals surface area contributed by atoms with Gasteiger partial charge in [0.2, 0.25) is 0 Å². The van der Waals surface area contributed by atoms with Crippen molar-refractivity contribution in [2.24, 2.45) is 11.8 Å².